The van der Waals surface area contributed by atoms with Gasteiger partial charge in [-0.05, 0) is 38.0 Å². The lowest BCUT2D eigenvalue weighted by Crippen LogP contribution is -2.38. The molecule has 1 rings (SSSR count). The van der Waals surface area contributed by atoms with E-state index >= 15 is 0 Å². The van der Waals surface area contributed by atoms with Crippen molar-refractivity contribution in [2.24, 2.45) is 10.7 Å². The van der Waals surface area contributed by atoms with Crippen LogP contribution in [-0.2, 0) is 10.8 Å². The normalized spacial score (nSPS) is 16.7. The highest BCUT2D eigenvalue weighted by Crippen LogP contribution is 2.18. The molecule has 0 saturated carbocycles. The van der Waals surface area contributed by atoms with E-state index in [9.17, 15) is 4.21 Å². The fourth-order valence-electron chi connectivity index (χ4n) is 1.61. The average molecular weight is 281 g/mol. The van der Waals surface area contributed by atoms with E-state index in [1.165, 1.54) is 0 Å². The quantitative estimate of drug-likeness (QED) is 0.642. The molecule has 0 spiro atoms. The van der Waals surface area contributed by atoms with Gasteiger partial charge in [-0.2, -0.15) is 0 Å². The van der Waals surface area contributed by atoms with Crippen LogP contribution in [0.25, 0.3) is 0 Å². The summed E-state index contributed by atoms with van der Waals surface area (Å²) in [5.41, 5.74) is 6.92. The first-order valence-electron chi connectivity index (χ1n) is 6.47. The molecule has 3 unspecified atom stereocenters. The van der Waals surface area contributed by atoms with Crippen molar-refractivity contribution in [1.82, 2.24) is 5.32 Å². The van der Waals surface area contributed by atoms with Crippen LogP contribution in [0, 0.1) is 0 Å². The Kier molecular flexibility index (Phi) is 6.02. The SMILES string of the molecule is CCC(C)NC(N)=NC(C)c1ccc(S(C)=O)cc1. The van der Waals surface area contributed by atoms with Crippen molar-refractivity contribution in [2.75, 3.05) is 6.26 Å². The topological polar surface area (TPSA) is 67.5 Å². The zero-order valence-corrected chi connectivity index (χ0v) is 12.8. The molecule has 0 saturated heterocycles. The molecule has 3 atom stereocenters. The van der Waals surface area contributed by atoms with Gasteiger partial charge in [-0.25, -0.2) is 4.99 Å². The fourth-order valence-corrected chi connectivity index (χ4v) is 2.13. The standard InChI is InChI=1S/C14H23N3OS/c1-5-10(2)16-14(15)17-11(3)12-6-8-13(9-7-12)19(4)18/h6-11H,5H2,1-4H3,(H3,15,16,17). The Morgan fingerprint density at radius 1 is 1.37 bits per heavy atom. The Balaban J connectivity index is 2.74. The fraction of sp³-hybridized carbons (Fsp3) is 0.500. The predicted octanol–water partition coefficient (Wildman–Crippen LogP) is 2.19. The van der Waals surface area contributed by atoms with E-state index in [0.29, 0.717) is 12.0 Å². The Labute approximate surface area is 118 Å². The van der Waals surface area contributed by atoms with Crippen LogP contribution in [0.4, 0.5) is 0 Å². The van der Waals surface area contributed by atoms with Crippen molar-refractivity contribution in [3.05, 3.63) is 29.8 Å². The third kappa shape index (κ3) is 5.03. The van der Waals surface area contributed by atoms with E-state index in [1.807, 2.05) is 31.2 Å². The number of nitrogens with two attached hydrogens (primary N) is 1. The molecule has 0 fully saturated rings. The minimum Gasteiger partial charge on any atom is -0.370 e. The lowest BCUT2D eigenvalue weighted by molar-refractivity contribution is 0.632. The van der Waals surface area contributed by atoms with Crippen molar-refractivity contribution < 1.29 is 4.21 Å². The van der Waals surface area contributed by atoms with Gasteiger partial charge >= 0.3 is 0 Å². The first-order chi connectivity index (χ1) is 8.93. The maximum absolute atomic E-state index is 11.3. The van der Waals surface area contributed by atoms with Crippen molar-refractivity contribution >= 4 is 16.8 Å². The zero-order valence-electron chi connectivity index (χ0n) is 12.0. The molecule has 0 bridgehead atoms. The summed E-state index contributed by atoms with van der Waals surface area (Å²) in [7, 11) is -0.943. The number of hydrogen-bond acceptors (Lipinski definition) is 2. The van der Waals surface area contributed by atoms with E-state index < -0.39 is 10.8 Å². The molecule has 0 aliphatic carbocycles. The molecule has 4 nitrogen and oxygen atoms in total. The summed E-state index contributed by atoms with van der Waals surface area (Å²) in [6.07, 6.45) is 2.67. The van der Waals surface area contributed by atoms with Gasteiger partial charge in [0.25, 0.3) is 0 Å². The second-order valence-corrected chi connectivity index (χ2v) is 6.05. The maximum Gasteiger partial charge on any atom is 0.189 e. The van der Waals surface area contributed by atoms with Gasteiger partial charge < -0.3 is 11.1 Å². The van der Waals surface area contributed by atoms with Gasteiger partial charge in [-0.1, -0.05) is 19.1 Å². The van der Waals surface area contributed by atoms with Crippen LogP contribution in [0.2, 0.25) is 0 Å². The van der Waals surface area contributed by atoms with Gasteiger partial charge in [0, 0.05) is 28.0 Å². The number of rotatable bonds is 5. The van der Waals surface area contributed by atoms with Gasteiger partial charge in [-0.15, -0.1) is 0 Å². The molecule has 0 aliphatic rings. The number of benzene rings is 1. The largest absolute Gasteiger partial charge is 0.370 e. The van der Waals surface area contributed by atoms with Gasteiger partial charge in [0.15, 0.2) is 5.96 Å². The van der Waals surface area contributed by atoms with E-state index in [-0.39, 0.29) is 6.04 Å². The highest BCUT2D eigenvalue weighted by molar-refractivity contribution is 7.84. The zero-order chi connectivity index (χ0) is 14.4. The number of guanidine groups is 1. The Bertz CT molecular complexity index is 456. The minimum atomic E-state index is -0.943. The van der Waals surface area contributed by atoms with Crippen molar-refractivity contribution in [2.45, 2.75) is 44.2 Å². The minimum absolute atomic E-state index is 0.0177. The van der Waals surface area contributed by atoms with Crippen LogP contribution in [-0.4, -0.2) is 22.5 Å². The molecule has 0 heterocycles. The molecule has 19 heavy (non-hydrogen) atoms. The van der Waals surface area contributed by atoms with Crippen LogP contribution in [0.1, 0.15) is 38.8 Å². The van der Waals surface area contributed by atoms with Gasteiger partial charge in [0.2, 0.25) is 0 Å². The molecular formula is C14H23N3OS. The summed E-state index contributed by atoms with van der Waals surface area (Å²) in [6.45, 7) is 6.15. The highest BCUT2D eigenvalue weighted by atomic mass is 32.2. The summed E-state index contributed by atoms with van der Waals surface area (Å²) in [5, 5.41) is 3.14. The predicted molar refractivity (Wildman–Crippen MR) is 81.7 cm³/mol. The molecule has 0 amide bonds. The third-order valence-corrected chi connectivity index (χ3v) is 3.97. The number of nitrogens with zero attached hydrogens (tertiary/aromatic N) is 1. The second kappa shape index (κ2) is 7.28. The second-order valence-electron chi connectivity index (χ2n) is 4.67. The first kappa shape index (κ1) is 15.7. The van der Waals surface area contributed by atoms with E-state index in [1.54, 1.807) is 6.26 Å². The van der Waals surface area contributed by atoms with Gasteiger partial charge in [0.05, 0.1) is 6.04 Å². The van der Waals surface area contributed by atoms with E-state index in [4.69, 9.17) is 5.73 Å². The van der Waals surface area contributed by atoms with Crippen LogP contribution < -0.4 is 11.1 Å². The molecule has 0 radical (unpaired) electrons. The Hall–Kier alpha value is -1.36. The van der Waals surface area contributed by atoms with Crippen molar-refractivity contribution in [3.63, 3.8) is 0 Å². The molecule has 5 heteroatoms. The number of hydrogen-bond donors (Lipinski definition) is 2. The summed E-state index contributed by atoms with van der Waals surface area (Å²) in [4.78, 5) is 5.24. The number of nitrogens with one attached hydrogen (secondary N) is 1. The first-order valence-corrected chi connectivity index (χ1v) is 8.03. The molecule has 1 aromatic carbocycles. The molecule has 1 aromatic rings. The molecule has 3 N–H and O–H groups in total. The van der Waals surface area contributed by atoms with Crippen LogP contribution in [0.5, 0.6) is 0 Å². The van der Waals surface area contributed by atoms with Crippen molar-refractivity contribution in [1.29, 1.82) is 0 Å². The van der Waals surface area contributed by atoms with Gasteiger partial charge in [-0.3, -0.25) is 4.21 Å². The lowest BCUT2D eigenvalue weighted by Gasteiger charge is -2.14. The average Bonchev–Trinajstić information content (AvgIpc) is 2.38. The number of aliphatic imine (C=N–C) groups is 1. The Morgan fingerprint density at radius 2 is 1.95 bits per heavy atom. The smallest absolute Gasteiger partial charge is 0.189 e. The van der Waals surface area contributed by atoms with Gasteiger partial charge in [0.1, 0.15) is 0 Å². The third-order valence-electron chi connectivity index (χ3n) is 3.03. The monoisotopic (exact) mass is 281 g/mol. The molecule has 0 aromatic heterocycles. The molecular weight excluding hydrogens is 258 g/mol. The summed E-state index contributed by atoms with van der Waals surface area (Å²) in [6, 6.07) is 7.94. The van der Waals surface area contributed by atoms with E-state index in [2.05, 4.69) is 24.2 Å². The summed E-state index contributed by atoms with van der Waals surface area (Å²) in [5.74, 6) is 0.463. The lowest BCUT2D eigenvalue weighted by atomic mass is 10.1. The van der Waals surface area contributed by atoms with Crippen LogP contribution in [0.15, 0.2) is 34.2 Å². The summed E-state index contributed by atoms with van der Waals surface area (Å²) >= 11 is 0. The van der Waals surface area contributed by atoms with Crippen LogP contribution >= 0.6 is 0 Å². The molecule has 106 valence electrons. The molecule has 0 aliphatic heterocycles. The Morgan fingerprint density at radius 3 is 2.42 bits per heavy atom. The van der Waals surface area contributed by atoms with Crippen LogP contribution in [0.3, 0.4) is 0 Å². The van der Waals surface area contributed by atoms with Crippen molar-refractivity contribution in [3.8, 4) is 0 Å². The van der Waals surface area contributed by atoms with E-state index in [0.717, 1.165) is 16.9 Å². The summed E-state index contributed by atoms with van der Waals surface area (Å²) < 4.78 is 11.3. The highest BCUT2D eigenvalue weighted by Gasteiger charge is 2.06. The maximum atomic E-state index is 11.3.